The van der Waals surface area contributed by atoms with Gasteiger partial charge < -0.3 is 9.64 Å². The molecule has 0 aromatic heterocycles. The fourth-order valence-corrected chi connectivity index (χ4v) is 2.66. The molecule has 0 aromatic carbocycles. The van der Waals surface area contributed by atoms with E-state index in [1.807, 2.05) is 4.90 Å². The van der Waals surface area contributed by atoms with Gasteiger partial charge >= 0.3 is 0 Å². The number of likely N-dealkylation sites (tertiary alicyclic amines) is 1. The second-order valence-corrected chi connectivity index (χ2v) is 5.14. The molecule has 1 aliphatic rings. The number of amides is 1. The van der Waals surface area contributed by atoms with Crippen LogP contribution in [-0.2, 0) is 9.53 Å². The van der Waals surface area contributed by atoms with Gasteiger partial charge in [-0.25, -0.2) is 0 Å². The van der Waals surface area contributed by atoms with Crippen LogP contribution < -0.4 is 0 Å². The number of methoxy groups -OCH3 is 1. The maximum absolute atomic E-state index is 11.9. The predicted octanol–water partition coefficient (Wildman–Crippen LogP) is 2.19. The van der Waals surface area contributed by atoms with E-state index >= 15 is 0 Å². The molecule has 1 aliphatic heterocycles. The normalized spacial score (nSPS) is 24.3. The van der Waals surface area contributed by atoms with Crippen molar-refractivity contribution in [1.82, 2.24) is 4.90 Å². The van der Waals surface area contributed by atoms with E-state index in [0.29, 0.717) is 6.61 Å². The second kappa shape index (κ2) is 6.48. The molecule has 1 heterocycles. The van der Waals surface area contributed by atoms with Crippen LogP contribution in [0.1, 0.15) is 32.6 Å². The first-order chi connectivity index (χ1) is 7.20. The summed E-state index contributed by atoms with van der Waals surface area (Å²) in [6.45, 7) is 3.68. The SMILES string of the molecule is CCCC(COC)N1CCCC(Br)C1=O. The van der Waals surface area contributed by atoms with Gasteiger partial charge in [0.1, 0.15) is 0 Å². The van der Waals surface area contributed by atoms with Crippen molar-refractivity contribution in [2.24, 2.45) is 0 Å². The molecule has 1 saturated heterocycles. The van der Waals surface area contributed by atoms with Crippen molar-refractivity contribution in [2.45, 2.75) is 43.5 Å². The molecule has 0 N–H and O–H groups in total. The lowest BCUT2D eigenvalue weighted by atomic mass is 10.0. The number of halogens is 1. The number of hydrogen-bond donors (Lipinski definition) is 0. The van der Waals surface area contributed by atoms with Crippen LogP contribution in [0.2, 0.25) is 0 Å². The average molecular weight is 278 g/mol. The van der Waals surface area contributed by atoms with Crippen LogP contribution in [0.25, 0.3) is 0 Å². The number of piperidine rings is 1. The Balaban J connectivity index is 2.59. The first-order valence-electron chi connectivity index (χ1n) is 5.64. The zero-order valence-electron chi connectivity index (χ0n) is 9.54. The Morgan fingerprint density at radius 1 is 1.67 bits per heavy atom. The highest BCUT2D eigenvalue weighted by molar-refractivity contribution is 9.10. The minimum absolute atomic E-state index is 0.0162. The highest BCUT2D eigenvalue weighted by Gasteiger charge is 2.31. The summed E-state index contributed by atoms with van der Waals surface area (Å²) in [5.41, 5.74) is 0. The fraction of sp³-hybridized carbons (Fsp3) is 0.909. The van der Waals surface area contributed by atoms with Crippen LogP contribution in [0.15, 0.2) is 0 Å². The zero-order chi connectivity index (χ0) is 11.3. The molecule has 2 atom stereocenters. The van der Waals surface area contributed by atoms with Gasteiger partial charge in [-0.05, 0) is 19.3 Å². The second-order valence-electron chi connectivity index (χ2n) is 4.04. The molecular weight excluding hydrogens is 258 g/mol. The molecule has 0 aromatic rings. The number of alkyl halides is 1. The summed E-state index contributed by atoms with van der Waals surface area (Å²) in [6, 6.07) is 0.257. The van der Waals surface area contributed by atoms with Crippen LogP contribution in [0.5, 0.6) is 0 Å². The number of hydrogen-bond acceptors (Lipinski definition) is 2. The van der Waals surface area contributed by atoms with Crippen molar-refractivity contribution in [3.63, 3.8) is 0 Å². The quantitative estimate of drug-likeness (QED) is 0.721. The van der Waals surface area contributed by atoms with Crippen molar-refractivity contribution in [3.05, 3.63) is 0 Å². The highest BCUT2D eigenvalue weighted by atomic mass is 79.9. The lowest BCUT2D eigenvalue weighted by molar-refractivity contribution is -0.136. The number of nitrogens with zero attached hydrogens (tertiary/aromatic N) is 1. The molecule has 1 amide bonds. The van der Waals surface area contributed by atoms with Crippen LogP contribution in [0.4, 0.5) is 0 Å². The molecule has 3 nitrogen and oxygen atoms in total. The topological polar surface area (TPSA) is 29.5 Å². The van der Waals surface area contributed by atoms with Gasteiger partial charge in [-0.15, -0.1) is 0 Å². The van der Waals surface area contributed by atoms with Crippen LogP contribution in [0.3, 0.4) is 0 Å². The summed E-state index contributed by atoms with van der Waals surface area (Å²) in [7, 11) is 1.70. The average Bonchev–Trinajstić information content (AvgIpc) is 2.22. The van der Waals surface area contributed by atoms with Gasteiger partial charge in [0.2, 0.25) is 5.91 Å². The minimum atomic E-state index is 0.0162. The van der Waals surface area contributed by atoms with E-state index in [-0.39, 0.29) is 16.8 Å². The summed E-state index contributed by atoms with van der Waals surface area (Å²) < 4.78 is 5.18. The standard InChI is InChI=1S/C11H20BrNO2/c1-3-5-9(8-15-2)13-7-4-6-10(12)11(13)14/h9-10H,3-8H2,1-2H3. The third-order valence-electron chi connectivity index (χ3n) is 2.83. The lowest BCUT2D eigenvalue weighted by Gasteiger charge is -2.36. The Labute approximate surface area is 100 Å². The molecule has 88 valence electrons. The first-order valence-corrected chi connectivity index (χ1v) is 6.55. The molecule has 0 radical (unpaired) electrons. The maximum atomic E-state index is 11.9. The summed E-state index contributed by atoms with van der Waals surface area (Å²) in [4.78, 5) is 13.9. The summed E-state index contributed by atoms with van der Waals surface area (Å²) in [5.74, 6) is 0.233. The van der Waals surface area contributed by atoms with Gasteiger partial charge in [0.25, 0.3) is 0 Å². The van der Waals surface area contributed by atoms with Crippen molar-refractivity contribution in [1.29, 1.82) is 0 Å². The van der Waals surface area contributed by atoms with Gasteiger partial charge in [-0.3, -0.25) is 4.79 Å². The minimum Gasteiger partial charge on any atom is -0.383 e. The van der Waals surface area contributed by atoms with Crippen molar-refractivity contribution in [2.75, 3.05) is 20.3 Å². The fourth-order valence-electron chi connectivity index (χ4n) is 2.07. The van der Waals surface area contributed by atoms with Crippen LogP contribution in [-0.4, -0.2) is 41.9 Å². The highest BCUT2D eigenvalue weighted by Crippen LogP contribution is 2.22. The Morgan fingerprint density at radius 3 is 3.00 bits per heavy atom. The van der Waals surface area contributed by atoms with Crippen LogP contribution >= 0.6 is 15.9 Å². The third kappa shape index (κ3) is 3.45. The molecule has 1 rings (SSSR count). The summed E-state index contributed by atoms with van der Waals surface area (Å²) in [5, 5.41) is 0. The molecule has 1 fully saturated rings. The van der Waals surface area contributed by atoms with Gasteiger partial charge in [0.05, 0.1) is 17.5 Å². The summed E-state index contributed by atoms with van der Waals surface area (Å²) >= 11 is 3.43. The Kier molecular flexibility index (Phi) is 5.61. The molecule has 2 unspecified atom stereocenters. The van der Waals surface area contributed by atoms with E-state index in [1.165, 1.54) is 0 Å². The molecule has 0 spiro atoms. The molecule has 4 heteroatoms. The summed E-state index contributed by atoms with van der Waals surface area (Å²) in [6.07, 6.45) is 4.16. The smallest absolute Gasteiger partial charge is 0.236 e. The van der Waals surface area contributed by atoms with Crippen LogP contribution in [0, 0.1) is 0 Å². The van der Waals surface area contributed by atoms with Crippen molar-refractivity contribution < 1.29 is 9.53 Å². The van der Waals surface area contributed by atoms with Crippen molar-refractivity contribution >= 4 is 21.8 Å². The molecular formula is C11H20BrNO2. The van der Waals surface area contributed by atoms with Gasteiger partial charge in [0.15, 0.2) is 0 Å². The van der Waals surface area contributed by atoms with E-state index in [0.717, 1.165) is 32.2 Å². The molecule has 0 saturated carbocycles. The van der Waals surface area contributed by atoms with E-state index < -0.39 is 0 Å². The monoisotopic (exact) mass is 277 g/mol. The Bertz CT molecular complexity index is 205. The zero-order valence-corrected chi connectivity index (χ0v) is 11.1. The first kappa shape index (κ1) is 13.0. The largest absolute Gasteiger partial charge is 0.383 e. The Hall–Kier alpha value is -0.0900. The molecule has 0 bridgehead atoms. The molecule has 0 aliphatic carbocycles. The van der Waals surface area contributed by atoms with Gasteiger partial charge in [0, 0.05) is 13.7 Å². The van der Waals surface area contributed by atoms with Gasteiger partial charge in [-0.1, -0.05) is 29.3 Å². The maximum Gasteiger partial charge on any atom is 0.236 e. The number of carbonyl (C=O) groups excluding carboxylic acids is 1. The third-order valence-corrected chi connectivity index (χ3v) is 3.68. The van der Waals surface area contributed by atoms with Crippen molar-refractivity contribution in [3.8, 4) is 0 Å². The van der Waals surface area contributed by atoms with Gasteiger partial charge in [-0.2, -0.15) is 0 Å². The predicted molar refractivity (Wildman–Crippen MR) is 64.2 cm³/mol. The van der Waals surface area contributed by atoms with E-state index in [1.54, 1.807) is 7.11 Å². The number of rotatable bonds is 5. The Morgan fingerprint density at radius 2 is 2.40 bits per heavy atom. The molecule has 15 heavy (non-hydrogen) atoms. The van der Waals surface area contributed by atoms with E-state index in [4.69, 9.17) is 4.74 Å². The lowest BCUT2D eigenvalue weighted by Crippen LogP contribution is -2.49. The number of carbonyl (C=O) groups is 1. The number of ether oxygens (including phenoxy) is 1. The van der Waals surface area contributed by atoms with E-state index in [2.05, 4.69) is 22.9 Å². The van der Waals surface area contributed by atoms with E-state index in [9.17, 15) is 4.79 Å².